The second-order valence-electron chi connectivity index (χ2n) is 6.74. The summed E-state index contributed by atoms with van der Waals surface area (Å²) in [6.07, 6.45) is 0.305. The van der Waals surface area contributed by atoms with Gasteiger partial charge in [-0.05, 0) is 41.5 Å². The minimum Gasteiger partial charge on any atom is -0.508 e. The van der Waals surface area contributed by atoms with Crippen LogP contribution in [-0.2, 0) is 0 Å². The highest BCUT2D eigenvalue weighted by Gasteiger charge is 2.27. The smallest absolute Gasteiger partial charge is 0.126 e. The molecular weight excluding hydrogens is 355 g/mol. The van der Waals surface area contributed by atoms with Crippen molar-refractivity contribution < 1.29 is 14.2 Å². The molecule has 1 aliphatic heterocycles. The van der Waals surface area contributed by atoms with Crippen molar-refractivity contribution in [3.05, 3.63) is 95.3 Å². The normalized spacial score (nSPS) is 19.1. The third-order valence-electron chi connectivity index (χ3n) is 4.96. The van der Waals surface area contributed by atoms with Crippen molar-refractivity contribution in [2.24, 2.45) is 4.99 Å². The number of nitrogens with one attached hydrogen (secondary N) is 1. The van der Waals surface area contributed by atoms with Crippen LogP contribution in [0.15, 0.2) is 77.8 Å². The van der Waals surface area contributed by atoms with E-state index in [-0.39, 0.29) is 23.8 Å². The summed E-state index contributed by atoms with van der Waals surface area (Å²) in [4.78, 5) is 4.87. The van der Waals surface area contributed by atoms with Gasteiger partial charge in [0.15, 0.2) is 0 Å². The molecule has 0 aliphatic carbocycles. The number of hydrogen-bond donors (Lipinski definition) is 2. The number of aliphatic imine (C=N–C) groups is 1. The molecule has 1 aliphatic rings. The zero-order valence-corrected chi connectivity index (χ0v) is 15.5. The van der Waals surface area contributed by atoms with Crippen LogP contribution in [0.2, 0.25) is 0 Å². The maximum atomic E-state index is 13.4. The first-order valence-electron chi connectivity index (χ1n) is 9.14. The van der Waals surface area contributed by atoms with Crippen LogP contribution in [0, 0.1) is 5.82 Å². The Labute approximate surface area is 163 Å². The van der Waals surface area contributed by atoms with Gasteiger partial charge in [-0.25, -0.2) is 4.39 Å². The fourth-order valence-corrected chi connectivity index (χ4v) is 3.46. The van der Waals surface area contributed by atoms with E-state index in [2.05, 4.69) is 5.32 Å². The van der Waals surface area contributed by atoms with Gasteiger partial charge in [0.2, 0.25) is 0 Å². The Bertz CT molecular complexity index is 984. The van der Waals surface area contributed by atoms with Crippen molar-refractivity contribution in [2.45, 2.75) is 18.6 Å². The molecule has 3 aromatic rings. The van der Waals surface area contributed by atoms with Gasteiger partial charge in [0, 0.05) is 23.7 Å². The minimum absolute atomic E-state index is 0.120. The van der Waals surface area contributed by atoms with Crippen molar-refractivity contribution in [2.75, 3.05) is 7.11 Å². The van der Waals surface area contributed by atoms with Crippen LogP contribution in [0.1, 0.15) is 35.3 Å². The molecule has 4 nitrogen and oxygen atoms in total. The van der Waals surface area contributed by atoms with Crippen molar-refractivity contribution in [1.29, 1.82) is 0 Å². The van der Waals surface area contributed by atoms with Crippen molar-refractivity contribution >= 4 is 5.71 Å². The second kappa shape index (κ2) is 7.82. The number of phenols is 1. The lowest BCUT2D eigenvalue weighted by atomic mass is 9.93. The predicted octanol–water partition coefficient (Wildman–Crippen LogP) is 4.76. The van der Waals surface area contributed by atoms with E-state index in [1.165, 1.54) is 12.1 Å². The lowest BCUT2D eigenvalue weighted by Crippen LogP contribution is -2.33. The zero-order chi connectivity index (χ0) is 19.5. The SMILES string of the molecule is COc1ccc([C@H]2N=C(c3ccc(F)cc3)C[C@H](c3ccccc3O)N2)cc1. The maximum Gasteiger partial charge on any atom is 0.126 e. The summed E-state index contributed by atoms with van der Waals surface area (Å²) in [6, 6.07) is 21.3. The topological polar surface area (TPSA) is 53.9 Å². The Morgan fingerprint density at radius 2 is 1.71 bits per heavy atom. The molecule has 0 aromatic heterocycles. The zero-order valence-electron chi connectivity index (χ0n) is 15.5. The predicted molar refractivity (Wildman–Crippen MR) is 107 cm³/mol. The number of hydrogen-bond acceptors (Lipinski definition) is 4. The Morgan fingerprint density at radius 1 is 1.00 bits per heavy atom. The number of methoxy groups -OCH3 is 1. The van der Waals surface area contributed by atoms with Crippen molar-refractivity contribution in [1.82, 2.24) is 5.32 Å². The van der Waals surface area contributed by atoms with E-state index >= 15 is 0 Å². The molecule has 2 atom stereocenters. The Morgan fingerprint density at radius 3 is 2.39 bits per heavy atom. The summed E-state index contributed by atoms with van der Waals surface area (Å²) in [5, 5.41) is 13.8. The molecule has 0 fully saturated rings. The lowest BCUT2D eigenvalue weighted by Gasteiger charge is -2.31. The summed E-state index contributed by atoms with van der Waals surface area (Å²) in [5.41, 5.74) is 3.55. The number of rotatable bonds is 4. The summed E-state index contributed by atoms with van der Waals surface area (Å²) in [7, 11) is 1.63. The summed E-state index contributed by atoms with van der Waals surface area (Å²) < 4.78 is 18.6. The van der Waals surface area contributed by atoms with E-state index in [0.717, 1.165) is 28.2 Å². The van der Waals surface area contributed by atoms with E-state index in [1.54, 1.807) is 31.4 Å². The number of ether oxygens (including phenoxy) is 1. The van der Waals surface area contributed by atoms with Gasteiger partial charge in [-0.3, -0.25) is 10.3 Å². The van der Waals surface area contributed by atoms with E-state index in [0.29, 0.717) is 6.42 Å². The molecule has 28 heavy (non-hydrogen) atoms. The van der Waals surface area contributed by atoms with E-state index in [9.17, 15) is 9.50 Å². The number of para-hydroxylation sites is 1. The van der Waals surface area contributed by atoms with Crippen molar-refractivity contribution in [3.8, 4) is 11.5 Å². The van der Waals surface area contributed by atoms with Gasteiger partial charge < -0.3 is 9.84 Å². The summed E-state index contributed by atoms with van der Waals surface area (Å²) in [6.45, 7) is 0. The number of aromatic hydroxyl groups is 1. The molecule has 3 aromatic carbocycles. The van der Waals surface area contributed by atoms with Gasteiger partial charge in [-0.15, -0.1) is 0 Å². The van der Waals surface area contributed by atoms with E-state index < -0.39 is 0 Å². The maximum absolute atomic E-state index is 13.4. The fraction of sp³-hybridized carbons (Fsp3) is 0.174. The molecule has 1 heterocycles. The molecular formula is C23H21FN2O2. The molecule has 2 N–H and O–H groups in total. The first kappa shape index (κ1) is 18.2. The highest BCUT2D eigenvalue weighted by Crippen LogP contribution is 2.34. The first-order chi connectivity index (χ1) is 13.6. The average Bonchev–Trinajstić information content (AvgIpc) is 2.74. The Hall–Kier alpha value is -3.18. The molecule has 0 bridgehead atoms. The van der Waals surface area contributed by atoms with E-state index in [4.69, 9.17) is 9.73 Å². The molecule has 5 heteroatoms. The third kappa shape index (κ3) is 3.75. The van der Waals surface area contributed by atoms with E-state index in [1.807, 2.05) is 36.4 Å². The molecule has 4 rings (SSSR count). The molecule has 0 radical (unpaired) electrons. The monoisotopic (exact) mass is 376 g/mol. The summed E-state index contributed by atoms with van der Waals surface area (Å²) >= 11 is 0. The largest absolute Gasteiger partial charge is 0.508 e. The molecule has 0 amide bonds. The molecule has 0 unspecified atom stereocenters. The van der Waals surface area contributed by atoms with Crippen LogP contribution in [-0.4, -0.2) is 17.9 Å². The first-order valence-corrected chi connectivity index (χ1v) is 9.14. The Kier molecular flexibility index (Phi) is 5.08. The minimum atomic E-state index is -0.288. The van der Waals surface area contributed by atoms with Crippen LogP contribution in [0.3, 0.4) is 0 Å². The van der Waals surface area contributed by atoms with Crippen LogP contribution in [0.5, 0.6) is 11.5 Å². The van der Waals surface area contributed by atoms with Crippen LogP contribution >= 0.6 is 0 Å². The third-order valence-corrected chi connectivity index (χ3v) is 4.96. The fourth-order valence-electron chi connectivity index (χ4n) is 3.46. The quantitative estimate of drug-likeness (QED) is 0.690. The highest BCUT2D eigenvalue weighted by molar-refractivity contribution is 6.01. The van der Waals surface area contributed by atoms with Gasteiger partial charge in [0.1, 0.15) is 23.5 Å². The number of nitrogens with zero attached hydrogens (tertiary/aromatic N) is 1. The van der Waals surface area contributed by atoms with Crippen LogP contribution in [0.4, 0.5) is 4.39 Å². The molecule has 142 valence electrons. The van der Waals surface area contributed by atoms with Gasteiger partial charge in [0.25, 0.3) is 0 Å². The van der Waals surface area contributed by atoms with Gasteiger partial charge in [-0.1, -0.05) is 42.5 Å². The van der Waals surface area contributed by atoms with Gasteiger partial charge >= 0.3 is 0 Å². The van der Waals surface area contributed by atoms with Crippen molar-refractivity contribution in [3.63, 3.8) is 0 Å². The summed E-state index contributed by atoms with van der Waals surface area (Å²) in [5.74, 6) is 0.746. The van der Waals surface area contributed by atoms with Gasteiger partial charge in [0.05, 0.1) is 7.11 Å². The molecule has 0 saturated carbocycles. The highest BCUT2D eigenvalue weighted by atomic mass is 19.1. The second-order valence-corrected chi connectivity index (χ2v) is 6.74. The van der Waals surface area contributed by atoms with Gasteiger partial charge in [-0.2, -0.15) is 0 Å². The average molecular weight is 376 g/mol. The molecule has 0 saturated heterocycles. The molecule has 0 spiro atoms. The number of phenolic OH excluding ortho intramolecular Hbond substituents is 1. The number of halogens is 1. The number of benzene rings is 3. The van der Waals surface area contributed by atoms with Crippen LogP contribution < -0.4 is 10.1 Å². The lowest BCUT2D eigenvalue weighted by molar-refractivity contribution is 0.408. The standard InChI is InChI=1S/C23H21FN2O2/c1-28-18-12-8-16(9-13-18)23-25-20(15-6-10-17(24)11-7-15)14-21(26-23)19-4-2-3-5-22(19)27/h2-13,21,23,26-27H,14H2,1H3/t21-,23+/m1/s1. The Balaban J connectivity index is 1.73. The van der Waals surface area contributed by atoms with Crippen LogP contribution in [0.25, 0.3) is 0 Å².